The van der Waals surface area contributed by atoms with Crippen molar-refractivity contribution in [2.45, 2.75) is 52.1 Å². The van der Waals surface area contributed by atoms with E-state index in [0.29, 0.717) is 12.5 Å². The van der Waals surface area contributed by atoms with Crippen molar-refractivity contribution < 1.29 is 13.9 Å². The van der Waals surface area contributed by atoms with Gasteiger partial charge in [0.25, 0.3) is 0 Å². The number of carbonyl (C=O) groups excluding carboxylic acids is 1. The third-order valence-electron chi connectivity index (χ3n) is 4.97. The Kier molecular flexibility index (Phi) is 4.16. The van der Waals surface area contributed by atoms with Crippen LogP contribution >= 0.6 is 0 Å². The second kappa shape index (κ2) is 6.00. The molecule has 2 heterocycles. The molecule has 0 saturated carbocycles. The molecule has 1 atom stereocenters. The van der Waals surface area contributed by atoms with E-state index in [2.05, 4.69) is 50.8 Å². The van der Waals surface area contributed by atoms with Gasteiger partial charge in [0.1, 0.15) is 5.76 Å². The number of aryl methyl sites for hydroxylation is 1. The number of carbonyl (C=O) groups is 1. The smallest absolute Gasteiger partial charge is 0.373 e. The summed E-state index contributed by atoms with van der Waals surface area (Å²) in [4.78, 5) is 14.0. The molecule has 24 heavy (non-hydrogen) atoms. The molecule has 1 aromatic carbocycles. The average Bonchev–Trinajstić information content (AvgIpc) is 2.99. The van der Waals surface area contributed by atoms with Crippen molar-refractivity contribution in [3.63, 3.8) is 0 Å². The van der Waals surface area contributed by atoms with Crippen LogP contribution in [-0.4, -0.2) is 18.6 Å². The van der Waals surface area contributed by atoms with E-state index in [1.54, 1.807) is 6.07 Å². The SMILES string of the molecule is COC(=O)c1ccc(CN2c3c(C)cccc3C(C)CC2(C)C)o1. The van der Waals surface area contributed by atoms with Gasteiger partial charge in [-0.1, -0.05) is 25.1 Å². The molecule has 0 radical (unpaired) electrons. The van der Waals surface area contributed by atoms with Gasteiger partial charge >= 0.3 is 5.97 Å². The third-order valence-corrected chi connectivity index (χ3v) is 4.97. The molecule has 0 N–H and O–H groups in total. The summed E-state index contributed by atoms with van der Waals surface area (Å²) in [6, 6.07) is 10.0. The number of fused-ring (bicyclic) bond motifs is 1. The Balaban J connectivity index is 1.98. The lowest BCUT2D eigenvalue weighted by atomic mass is 9.79. The molecule has 3 rings (SSSR count). The van der Waals surface area contributed by atoms with Crippen LogP contribution in [0, 0.1) is 6.92 Å². The number of furan rings is 1. The fourth-order valence-corrected chi connectivity index (χ4v) is 3.84. The van der Waals surface area contributed by atoms with E-state index >= 15 is 0 Å². The molecular weight excluding hydrogens is 302 g/mol. The first-order valence-electron chi connectivity index (χ1n) is 8.37. The molecule has 128 valence electrons. The Bertz CT molecular complexity index is 760. The zero-order chi connectivity index (χ0) is 17.5. The molecule has 0 spiro atoms. The van der Waals surface area contributed by atoms with E-state index < -0.39 is 5.97 Å². The molecule has 4 heteroatoms. The summed E-state index contributed by atoms with van der Waals surface area (Å²) in [6.07, 6.45) is 1.08. The van der Waals surface area contributed by atoms with Gasteiger partial charge in [0.05, 0.1) is 13.7 Å². The van der Waals surface area contributed by atoms with Crippen LogP contribution in [0.15, 0.2) is 34.7 Å². The highest BCUT2D eigenvalue weighted by Crippen LogP contribution is 2.45. The molecule has 4 nitrogen and oxygen atoms in total. The van der Waals surface area contributed by atoms with E-state index in [4.69, 9.17) is 9.15 Å². The molecule has 2 aromatic rings. The number of rotatable bonds is 3. The molecule has 0 aliphatic carbocycles. The lowest BCUT2D eigenvalue weighted by molar-refractivity contribution is 0.0563. The fourth-order valence-electron chi connectivity index (χ4n) is 3.84. The molecule has 1 aromatic heterocycles. The monoisotopic (exact) mass is 327 g/mol. The standard InChI is InChI=1S/C20H25NO3/c1-13-7-6-8-16-14(2)11-20(3,4)21(18(13)16)12-15-9-10-17(24-15)19(22)23-5/h6-10,14H,11-12H2,1-5H3. The number of methoxy groups -OCH3 is 1. The molecule has 1 aliphatic heterocycles. The second-order valence-electron chi connectivity index (χ2n) is 7.27. The molecule has 0 amide bonds. The van der Waals surface area contributed by atoms with E-state index in [-0.39, 0.29) is 11.3 Å². The van der Waals surface area contributed by atoms with Crippen molar-refractivity contribution >= 4 is 11.7 Å². The van der Waals surface area contributed by atoms with E-state index in [1.165, 1.54) is 23.9 Å². The number of hydrogen-bond acceptors (Lipinski definition) is 4. The van der Waals surface area contributed by atoms with Crippen molar-refractivity contribution in [2.24, 2.45) is 0 Å². The quantitative estimate of drug-likeness (QED) is 0.769. The summed E-state index contributed by atoms with van der Waals surface area (Å²) in [5.41, 5.74) is 3.95. The van der Waals surface area contributed by atoms with Gasteiger partial charge < -0.3 is 14.1 Å². The van der Waals surface area contributed by atoms with Crippen molar-refractivity contribution in [2.75, 3.05) is 12.0 Å². The van der Waals surface area contributed by atoms with Crippen LogP contribution in [0.25, 0.3) is 0 Å². The van der Waals surface area contributed by atoms with Gasteiger partial charge in [-0.3, -0.25) is 0 Å². The van der Waals surface area contributed by atoms with Gasteiger partial charge in [-0.25, -0.2) is 4.79 Å². The fraction of sp³-hybridized carbons (Fsp3) is 0.450. The highest BCUT2D eigenvalue weighted by Gasteiger charge is 2.37. The van der Waals surface area contributed by atoms with Crippen molar-refractivity contribution in [3.05, 3.63) is 53.0 Å². The summed E-state index contributed by atoms with van der Waals surface area (Å²) in [6.45, 7) is 9.61. The Morgan fingerprint density at radius 1 is 1.33 bits per heavy atom. The van der Waals surface area contributed by atoms with Gasteiger partial charge in [0.15, 0.2) is 0 Å². The summed E-state index contributed by atoms with van der Waals surface area (Å²) in [5, 5.41) is 0. The zero-order valence-corrected chi connectivity index (χ0v) is 15.1. The van der Waals surface area contributed by atoms with Gasteiger partial charge in [-0.2, -0.15) is 0 Å². The van der Waals surface area contributed by atoms with Crippen LogP contribution in [0.1, 0.15) is 60.6 Å². The minimum Gasteiger partial charge on any atom is -0.463 e. The number of benzene rings is 1. The average molecular weight is 327 g/mol. The maximum Gasteiger partial charge on any atom is 0.373 e. The van der Waals surface area contributed by atoms with Crippen LogP contribution < -0.4 is 4.90 Å². The van der Waals surface area contributed by atoms with Crippen LogP contribution in [0.5, 0.6) is 0 Å². The van der Waals surface area contributed by atoms with E-state index in [9.17, 15) is 4.79 Å². The predicted molar refractivity (Wildman–Crippen MR) is 94.5 cm³/mol. The first kappa shape index (κ1) is 16.6. The molecule has 0 bridgehead atoms. The summed E-state index contributed by atoms with van der Waals surface area (Å²) < 4.78 is 10.4. The minimum atomic E-state index is -0.440. The molecule has 1 unspecified atom stereocenters. The third kappa shape index (κ3) is 2.81. The number of anilines is 1. The predicted octanol–water partition coefficient (Wildman–Crippen LogP) is 4.67. The molecular formula is C20H25NO3. The largest absolute Gasteiger partial charge is 0.463 e. The molecule has 1 aliphatic rings. The second-order valence-corrected chi connectivity index (χ2v) is 7.27. The maximum atomic E-state index is 11.6. The highest BCUT2D eigenvalue weighted by molar-refractivity contribution is 5.86. The van der Waals surface area contributed by atoms with Gasteiger partial charge in [0, 0.05) is 11.2 Å². The Morgan fingerprint density at radius 3 is 2.79 bits per heavy atom. The van der Waals surface area contributed by atoms with Crippen LogP contribution in [0.4, 0.5) is 5.69 Å². The summed E-state index contributed by atoms with van der Waals surface area (Å²) in [7, 11) is 1.36. The first-order chi connectivity index (χ1) is 11.3. The Hall–Kier alpha value is -2.23. The van der Waals surface area contributed by atoms with Crippen molar-refractivity contribution in [3.8, 4) is 0 Å². The Morgan fingerprint density at radius 2 is 2.08 bits per heavy atom. The number of hydrogen-bond donors (Lipinski definition) is 0. The van der Waals surface area contributed by atoms with Crippen molar-refractivity contribution in [1.82, 2.24) is 0 Å². The van der Waals surface area contributed by atoms with Crippen molar-refractivity contribution in [1.29, 1.82) is 0 Å². The Labute approximate surface area is 143 Å². The normalized spacial score (nSPS) is 19.0. The molecule has 0 fully saturated rings. The highest BCUT2D eigenvalue weighted by atomic mass is 16.5. The van der Waals surface area contributed by atoms with Crippen LogP contribution in [0.3, 0.4) is 0 Å². The number of nitrogens with zero attached hydrogens (tertiary/aromatic N) is 1. The lowest BCUT2D eigenvalue weighted by Gasteiger charge is -2.48. The summed E-state index contributed by atoms with van der Waals surface area (Å²) in [5.74, 6) is 1.10. The minimum absolute atomic E-state index is 0.0107. The first-order valence-corrected chi connectivity index (χ1v) is 8.37. The van der Waals surface area contributed by atoms with Gasteiger partial charge in [-0.05, 0) is 56.4 Å². The maximum absolute atomic E-state index is 11.6. The lowest BCUT2D eigenvalue weighted by Crippen LogP contribution is -2.48. The van der Waals surface area contributed by atoms with Gasteiger partial charge in [-0.15, -0.1) is 0 Å². The van der Waals surface area contributed by atoms with Gasteiger partial charge in [0.2, 0.25) is 5.76 Å². The summed E-state index contributed by atoms with van der Waals surface area (Å²) >= 11 is 0. The number of para-hydroxylation sites is 1. The molecule has 0 saturated heterocycles. The zero-order valence-electron chi connectivity index (χ0n) is 15.1. The van der Waals surface area contributed by atoms with E-state index in [0.717, 1.165) is 12.2 Å². The van der Waals surface area contributed by atoms with Crippen LogP contribution in [0.2, 0.25) is 0 Å². The topological polar surface area (TPSA) is 42.7 Å². The number of ether oxygens (including phenoxy) is 1. The van der Waals surface area contributed by atoms with Crippen LogP contribution in [-0.2, 0) is 11.3 Å². The van der Waals surface area contributed by atoms with E-state index in [1.807, 2.05) is 6.07 Å². The number of esters is 1.